The molecule has 2 nitrogen and oxygen atoms in total. The van der Waals surface area contributed by atoms with Crippen molar-refractivity contribution in [3.63, 3.8) is 0 Å². The molecule has 0 aromatic rings. The van der Waals surface area contributed by atoms with Crippen molar-refractivity contribution in [3.8, 4) is 0 Å². The van der Waals surface area contributed by atoms with Crippen molar-refractivity contribution in [1.29, 1.82) is 0 Å². The number of rotatable bonds is 5. The Kier molecular flexibility index (Phi) is 5.68. The van der Waals surface area contributed by atoms with Crippen LogP contribution in [-0.4, -0.2) is 30.6 Å². The van der Waals surface area contributed by atoms with Gasteiger partial charge >= 0.3 is 0 Å². The van der Waals surface area contributed by atoms with Crippen molar-refractivity contribution in [1.82, 2.24) is 4.90 Å². The maximum atomic E-state index is 6.52. The van der Waals surface area contributed by atoms with Gasteiger partial charge in [-0.1, -0.05) is 31.3 Å². The fourth-order valence-corrected chi connectivity index (χ4v) is 3.16. The summed E-state index contributed by atoms with van der Waals surface area (Å²) in [7, 11) is 4.40. The molecule has 1 rings (SSSR count). The number of hydrogen-bond acceptors (Lipinski definition) is 2. The molecule has 0 aromatic heterocycles. The van der Waals surface area contributed by atoms with E-state index in [0.717, 1.165) is 12.8 Å². The summed E-state index contributed by atoms with van der Waals surface area (Å²) in [6.07, 6.45) is 10.1. The number of allylic oxidation sites excluding steroid dienone is 1. The zero-order valence-electron chi connectivity index (χ0n) is 12.0. The molecule has 1 fully saturated rings. The first kappa shape index (κ1) is 14.7. The van der Waals surface area contributed by atoms with E-state index < -0.39 is 0 Å². The first-order chi connectivity index (χ1) is 7.99. The number of likely N-dealkylation sites (N-methyl/N-ethyl adjacent to an activating group) is 1. The molecule has 0 bridgehead atoms. The third-order valence-electron chi connectivity index (χ3n) is 4.43. The molecule has 1 aliphatic carbocycles. The summed E-state index contributed by atoms with van der Waals surface area (Å²) in [6, 6.07) is 0.285. The molecule has 2 heteroatoms. The van der Waals surface area contributed by atoms with Gasteiger partial charge in [-0.15, -0.1) is 6.58 Å². The summed E-state index contributed by atoms with van der Waals surface area (Å²) in [6.45, 7) is 6.09. The molecule has 1 unspecified atom stereocenters. The van der Waals surface area contributed by atoms with Crippen molar-refractivity contribution in [2.45, 2.75) is 69.9 Å². The minimum atomic E-state index is 0.228. The molecule has 1 atom stereocenters. The van der Waals surface area contributed by atoms with Crippen LogP contribution in [0.2, 0.25) is 0 Å². The van der Waals surface area contributed by atoms with E-state index in [9.17, 15) is 0 Å². The molecule has 2 N–H and O–H groups in total. The predicted octanol–water partition coefficient (Wildman–Crippen LogP) is 3.32. The van der Waals surface area contributed by atoms with E-state index in [1.807, 2.05) is 0 Å². The topological polar surface area (TPSA) is 29.3 Å². The molecule has 0 aliphatic heterocycles. The Morgan fingerprint density at radius 2 is 1.76 bits per heavy atom. The summed E-state index contributed by atoms with van der Waals surface area (Å²) < 4.78 is 0. The fourth-order valence-electron chi connectivity index (χ4n) is 3.16. The van der Waals surface area contributed by atoms with Gasteiger partial charge in [0.05, 0.1) is 0 Å². The van der Waals surface area contributed by atoms with Crippen LogP contribution in [0.5, 0.6) is 0 Å². The number of nitrogens with two attached hydrogens (primary N) is 1. The summed E-state index contributed by atoms with van der Waals surface area (Å²) in [5.41, 5.74) is 8.00. The van der Waals surface area contributed by atoms with Gasteiger partial charge in [0.2, 0.25) is 0 Å². The first-order valence-electron chi connectivity index (χ1n) is 7.06. The molecule has 0 radical (unpaired) electrons. The highest BCUT2D eigenvalue weighted by Crippen LogP contribution is 2.35. The van der Waals surface area contributed by atoms with Crippen LogP contribution in [0.1, 0.15) is 58.3 Å². The van der Waals surface area contributed by atoms with Crippen LogP contribution in [0.25, 0.3) is 0 Å². The third kappa shape index (κ3) is 3.82. The average Bonchev–Trinajstić information content (AvgIpc) is 2.51. The molecular weight excluding hydrogens is 208 g/mol. The van der Waals surface area contributed by atoms with E-state index in [1.54, 1.807) is 0 Å². The maximum Gasteiger partial charge on any atom is 0.0354 e. The molecular formula is C15H30N2. The van der Waals surface area contributed by atoms with Gasteiger partial charge in [0.15, 0.2) is 0 Å². The van der Waals surface area contributed by atoms with Gasteiger partial charge in [-0.3, -0.25) is 0 Å². The highest BCUT2D eigenvalue weighted by atomic mass is 15.2. The van der Waals surface area contributed by atoms with Crippen molar-refractivity contribution < 1.29 is 0 Å². The van der Waals surface area contributed by atoms with Crippen LogP contribution in [-0.2, 0) is 0 Å². The Labute approximate surface area is 107 Å². The highest BCUT2D eigenvalue weighted by Gasteiger charge is 2.38. The molecule has 0 saturated heterocycles. The van der Waals surface area contributed by atoms with Gasteiger partial charge in [-0.2, -0.15) is 0 Å². The van der Waals surface area contributed by atoms with E-state index in [-0.39, 0.29) is 11.6 Å². The SMILES string of the molecule is C=C(C)CCC(N)C1(N(C)C)CCCCCC1. The van der Waals surface area contributed by atoms with Crippen molar-refractivity contribution in [2.75, 3.05) is 14.1 Å². The summed E-state index contributed by atoms with van der Waals surface area (Å²) in [5.74, 6) is 0. The van der Waals surface area contributed by atoms with Gasteiger partial charge < -0.3 is 10.6 Å². The lowest BCUT2D eigenvalue weighted by molar-refractivity contribution is 0.0933. The zero-order valence-corrected chi connectivity index (χ0v) is 12.0. The Hall–Kier alpha value is -0.340. The zero-order chi connectivity index (χ0) is 12.9. The van der Waals surface area contributed by atoms with Gasteiger partial charge in [-0.05, 0) is 46.7 Å². The highest BCUT2D eigenvalue weighted by molar-refractivity contribution is 5.00. The summed E-state index contributed by atoms with van der Waals surface area (Å²) >= 11 is 0. The van der Waals surface area contributed by atoms with Crippen LogP contribution in [0.3, 0.4) is 0 Å². The average molecular weight is 238 g/mol. The smallest absolute Gasteiger partial charge is 0.0354 e. The van der Waals surface area contributed by atoms with Crippen LogP contribution in [0.4, 0.5) is 0 Å². The van der Waals surface area contributed by atoms with Crippen molar-refractivity contribution in [3.05, 3.63) is 12.2 Å². The second-order valence-corrected chi connectivity index (χ2v) is 6.01. The Balaban J connectivity index is 2.71. The van der Waals surface area contributed by atoms with Gasteiger partial charge in [0, 0.05) is 11.6 Å². The van der Waals surface area contributed by atoms with Crippen molar-refractivity contribution >= 4 is 0 Å². The summed E-state index contributed by atoms with van der Waals surface area (Å²) in [5, 5.41) is 0. The summed E-state index contributed by atoms with van der Waals surface area (Å²) in [4.78, 5) is 2.39. The van der Waals surface area contributed by atoms with Gasteiger partial charge in [0.1, 0.15) is 0 Å². The van der Waals surface area contributed by atoms with Crippen LogP contribution in [0, 0.1) is 0 Å². The Morgan fingerprint density at radius 1 is 1.24 bits per heavy atom. The van der Waals surface area contributed by atoms with Crippen LogP contribution >= 0.6 is 0 Å². The lowest BCUT2D eigenvalue weighted by Gasteiger charge is -2.44. The minimum Gasteiger partial charge on any atom is -0.326 e. The molecule has 100 valence electrons. The lowest BCUT2D eigenvalue weighted by Crippen LogP contribution is -2.57. The lowest BCUT2D eigenvalue weighted by atomic mass is 9.79. The Bertz CT molecular complexity index is 237. The standard InChI is InChI=1S/C15H30N2/c1-13(2)9-10-14(16)15(17(3)4)11-7-5-6-8-12-15/h14H,1,5-12,16H2,2-4H3. The van der Waals surface area contributed by atoms with E-state index in [2.05, 4.69) is 32.5 Å². The number of nitrogens with zero attached hydrogens (tertiary/aromatic N) is 1. The van der Waals surface area contributed by atoms with Gasteiger partial charge in [-0.25, -0.2) is 0 Å². The first-order valence-corrected chi connectivity index (χ1v) is 7.06. The maximum absolute atomic E-state index is 6.52. The predicted molar refractivity (Wildman–Crippen MR) is 76.1 cm³/mol. The van der Waals surface area contributed by atoms with Gasteiger partial charge in [0.25, 0.3) is 0 Å². The molecule has 0 aromatic carbocycles. The minimum absolute atomic E-state index is 0.228. The molecule has 1 aliphatic rings. The molecule has 1 saturated carbocycles. The van der Waals surface area contributed by atoms with E-state index >= 15 is 0 Å². The Morgan fingerprint density at radius 3 is 2.18 bits per heavy atom. The molecule has 0 spiro atoms. The quantitative estimate of drug-likeness (QED) is 0.588. The normalized spacial score (nSPS) is 22.2. The second-order valence-electron chi connectivity index (χ2n) is 6.01. The monoisotopic (exact) mass is 238 g/mol. The molecule has 17 heavy (non-hydrogen) atoms. The van der Waals surface area contributed by atoms with Crippen LogP contribution in [0.15, 0.2) is 12.2 Å². The molecule has 0 amide bonds. The van der Waals surface area contributed by atoms with Crippen molar-refractivity contribution in [2.24, 2.45) is 5.73 Å². The van der Waals surface area contributed by atoms with E-state index in [0.29, 0.717) is 0 Å². The largest absolute Gasteiger partial charge is 0.326 e. The number of hydrogen-bond donors (Lipinski definition) is 1. The van der Waals surface area contributed by atoms with E-state index in [1.165, 1.54) is 44.1 Å². The second kappa shape index (κ2) is 6.55. The molecule has 0 heterocycles. The van der Waals surface area contributed by atoms with Crippen LogP contribution < -0.4 is 5.73 Å². The van der Waals surface area contributed by atoms with E-state index in [4.69, 9.17) is 5.73 Å². The third-order valence-corrected chi connectivity index (χ3v) is 4.43. The fraction of sp³-hybridized carbons (Fsp3) is 0.867.